The fourth-order valence-corrected chi connectivity index (χ4v) is 1.78. The second-order valence-corrected chi connectivity index (χ2v) is 4.57. The molecule has 100 valence electrons. The van der Waals surface area contributed by atoms with Crippen molar-refractivity contribution < 1.29 is 9.90 Å². The number of nitrogens with zero attached hydrogens (tertiary/aromatic N) is 3. The normalized spacial score (nSPS) is 10.5. The molecule has 0 fully saturated rings. The van der Waals surface area contributed by atoms with Crippen molar-refractivity contribution in [3.63, 3.8) is 0 Å². The van der Waals surface area contributed by atoms with E-state index in [0.717, 1.165) is 0 Å². The number of rotatable bonds is 3. The monoisotopic (exact) mass is 280 g/mol. The molecular weight excluding hydrogens is 268 g/mol. The van der Waals surface area contributed by atoms with Gasteiger partial charge in [0.15, 0.2) is 5.82 Å². The average Bonchev–Trinajstić information content (AvgIpc) is 2.77. The Bertz CT molecular complexity index is 612. The largest absolute Gasteiger partial charge is 0.506 e. The molecule has 6 nitrogen and oxygen atoms in total. The lowest BCUT2D eigenvalue weighted by molar-refractivity contribution is 0.0781. The van der Waals surface area contributed by atoms with Gasteiger partial charge < -0.3 is 10.0 Å². The van der Waals surface area contributed by atoms with Gasteiger partial charge in [0.25, 0.3) is 5.91 Å². The van der Waals surface area contributed by atoms with E-state index < -0.39 is 0 Å². The number of carbonyl (C=O) groups is 1. The molecule has 2 aromatic rings. The van der Waals surface area contributed by atoms with Gasteiger partial charge in [0, 0.05) is 12.6 Å². The van der Waals surface area contributed by atoms with Crippen LogP contribution in [0.1, 0.15) is 22.0 Å². The van der Waals surface area contributed by atoms with E-state index in [9.17, 15) is 9.90 Å². The maximum atomic E-state index is 12.1. The van der Waals surface area contributed by atoms with Gasteiger partial charge in [-0.3, -0.25) is 9.89 Å². The number of amides is 1. The van der Waals surface area contributed by atoms with Crippen molar-refractivity contribution in [1.29, 1.82) is 0 Å². The molecule has 0 unspecified atom stereocenters. The van der Waals surface area contributed by atoms with Gasteiger partial charge in [-0.25, -0.2) is 4.98 Å². The van der Waals surface area contributed by atoms with Crippen LogP contribution in [0.3, 0.4) is 0 Å². The van der Waals surface area contributed by atoms with E-state index in [1.807, 2.05) is 0 Å². The zero-order valence-electron chi connectivity index (χ0n) is 10.5. The lowest BCUT2D eigenvalue weighted by Gasteiger charge is -2.15. The number of halogens is 1. The molecule has 1 heterocycles. The molecule has 2 N–H and O–H groups in total. The average molecular weight is 281 g/mol. The van der Waals surface area contributed by atoms with Crippen molar-refractivity contribution in [2.75, 3.05) is 7.05 Å². The minimum absolute atomic E-state index is 0.0505. The third-order valence-corrected chi connectivity index (χ3v) is 2.87. The van der Waals surface area contributed by atoms with Gasteiger partial charge in [0.1, 0.15) is 11.6 Å². The minimum atomic E-state index is -0.218. The molecule has 0 aliphatic heterocycles. The van der Waals surface area contributed by atoms with Crippen molar-refractivity contribution in [3.8, 4) is 5.75 Å². The molecule has 7 heteroatoms. The lowest BCUT2D eigenvalue weighted by atomic mass is 10.2. The Kier molecular flexibility index (Phi) is 3.71. The summed E-state index contributed by atoms with van der Waals surface area (Å²) in [5.74, 6) is 0.969. The van der Waals surface area contributed by atoms with E-state index in [1.165, 1.54) is 23.1 Å². The highest BCUT2D eigenvalue weighted by molar-refractivity contribution is 6.32. The van der Waals surface area contributed by atoms with Crippen LogP contribution in [-0.2, 0) is 6.54 Å². The summed E-state index contributed by atoms with van der Waals surface area (Å²) in [6, 6.07) is 4.34. The third-order valence-electron chi connectivity index (χ3n) is 2.56. The number of aromatic hydroxyl groups is 1. The zero-order valence-corrected chi connectivity index (χ0v) is 11.3. The molecular formula is C12H13ClN4O2. The molecule has 0 saturated heterocycles. The van der Waals surface area contributed by atoms with Crippen LogP contribution < -0.4 is 0 Å². The van der Waals surface area contributed by atoms with E-state index in [2.05, 4.69) is 15.2 Å². The summed E-state index contributed by atoms with van der Waals surface area (Å²) in [4.78, 5) is 17.7. The van der Waals surface area contributed by atoms with Crippen LogP contribution in [0.25, 0.3) is 0 Å². The summed E-state index contributed by atoms with van der Waals surface area (Å²) < 4.78 is 0. The molecule has 0 aliphatic carbocycles. The maximum absolute atomic E-state index is 12.1. The minimum Gasteiger partial charge on any atom is -0.506 e. The molecule has 1 aromatic carbocycles. The first-order valence-electron chi connectivity index (χ1n) is 5.59. The number of hydrogen-bond acceptors (Lipinski definition) is 4. The molecule has 1 aromatic heterocycles. The summed E-state index contributed by atoms with van der Waals surface area (Å²) in [7, 11) is 1.65. The van der Waals surface area contributed by atoms with Crippen molar-refractivity contribution in [2.45, 2.75) is 13.5 Å². The van der Waals surface area contributed by atoms with Crippen LogP contribution in [0.15, 0.2) is 18.2 Å². The predicted molar refractivity (Wildman–Crippen MR) is 70.0 cm³/mol. The number of aryl methyl sites for hydroxylation is 1. The molecule has 0 spiro atoms. The van der Waals surface area contributed by atoms with Crippen LogP contribution in [0.4, 0.5) is 0 Å². The third kappa shape index (κ3) is 3.03. The van der Waals surface area contributed by atoms with Gasteiger partial charge in [-0.05, 0) is 25.1 Å². The van der Waals surface area contributed by atoms with Gasteiger partial charge in [-0.1, -0.05) is 11.6 Å². The van der Waals surface area contributed by atoms with Crippen molar-refractivity contribution in [2.24, 2.45) is 0 Å². The molecule has 0 radical (unpaired) electrons. The van der Waals surface area contributed by atoms with Crippen LogP contribution in [0, 0.1) is 6.92 Å². The summed E-state index contributed by atoms with van der Waals surface area (Å²) in [6.07, 6.45) is 0. The number of carbonyl (C=O) groups excluding carboxylic acids is 1. The van der Waals surface area contributed by atoms with Gasteiger partial charge in [-0.15, -0.1) is 0 Å². The number of benzene rings is 1. The highest BCUT2D eigenvalue weighted by Crippen LogP contribution is 2.24. The van der Waals surface area contributed by atoms with E-state index in [0.29, 0.717) is 23.8 Å². The Balaban J connectivity index is 2.12. The van der Waals surface area contributed by atoms with Crippen LogP contribution in [0.2, 0.25) is 5.02 Å². The summed E-state index contributed by atoms with van der Waals surface area (Å²) in [5.41, 5.74) is 0.401. The first kappa shape index (κ1) is 13.4. The predicted octanol–water partition coefficient (Wildman–Crippen LogP) is 1.74. The van der Waals surface area contributed by atoms with Gasteiger partial charge in [0.05, 0.1) is 11.6 Å². The van der Waals surface area contributed by atoms with E-state index in [-0.39, 0.29) is 16.7 Å². The van der Waals surface area contributed by atoms with Crippen molar-refractivity contribution in [3.05, 3.63) is 40.4 Å². The molecule has 0 bridgehead atoms. The van der Waals surface area contributed by atoms with Gasteiger partial charge in [0.2, 0.25) is 0 Å². The van der Waals surface area contributed by atoms with E-state index in [1.54, 1.807) is 14.0 Å². The number of phenolic OH excluding ortho intramolecular Hbond substituents is 1. The first-order valence-corrected chi connectivity index (χ1v) is 5.97. The number of aromatic amines is 1. The van der Waals surface area contributed by atoms with Gasteiger partial charge in [-0.2, -0.15) is 5.10 Å². The van der Waals surface area contributed by atoms with E-state index in [4.69, 9.17) is 11.6 Å². The maximum Gasteiger partial charge on any atom is 0.254 e. The fraction of sp³-hybridized carbons (Fsp3) is 0.250. The first-order chi connectivity index (χ1) is 8.97. The number of phenols is 1. The molecule has 0 saturated carbocycles. The Morgan fingerprint density at radius 3 is 2.84 bits per heavy atom. The molecule has 2 rings (SSSR count). The highest BCUT2D eigenvalue weighted by atomic mass is 35.5. The summed E-state index contributed by atoms with van der Waals surface area (Å²) in [5, 5.41) is 16.2. The highest BCUT2D eigenvalue weighted by Gasteiger charge is 2.15. The number of aromatic nitrogens is 3. The number of H-pyrrole nitrogens is 1. The summed E-state index contributed by atoms with van der Waals surface area (Å²) >= 11 is 5.78. The SMILES string of the molecule is Cc1nc(CN(C)C(=O)c2ccc(O)c(Cl)c2)n[nH]1. The zero-order chi connectivity index (χ0) is 14.0. The smallest absolute Gasteiger partial charge is 0.254 e. The van der Waals surface area contributed by atoms with Crippen LogP contribution in [0.5, 0.6) is 5.75 Å². The summed E-state index contributed by atoms with van der Waals surface area (Å²) in [6.45, 7) is 2.08. The van der Waals surface area contributed by atoms with Crippen molar-refractivity contribution in [1.82, 2.24) is 20.1 Å². The number of nitrogens with one attached hydrogen (secondary N) is 1. The Labute approximate surface area is 115 Å². The van der Waals surface area contributed by atoms with E-state index >= 15 is 0 Å². The Morgan fingerprint density at radius 1 is 1.53 bits per heavy atom. The van der Waals surface area contributed by atoms with Crippen LogP contribution in [-0.4, -0.2) is 38.1 Å². The molecule has 1 amide bonds. The fourth-order valence-electron chi connectivity index (χ4n) is 1.60. The lowest BCUT2D eigenvalue weighted by Crippen LogP contribution is -2.26. The number of hydrogen-bond donors (Lipinski definition) is 2. The molecule has 0 aliphatic rings. The topological polar surface area (TPSA) is 82.1 Å². The second kappa shape index (κ2) is 5.27. The molecule has 0 atom stereocenters. The molecule has 19 heavy (non-hydrogen) atoms. The van der Waals surface area contributed by atoms with Gasteiger partial charge >= 0.3 is 0 Å². The van der Waals surface area contributed by atoms with Crippen LogP contribution >= 0.6 is 11.6 Å². The Hall–Kier alpha value is -2.08. The Morgan fingerprint density at radius 2 is 2.26 bits per heavy atom. The quantitative estimate of drug-likeness (QED) is 0.897. The second-order valence-electron chi connectivity index (χ2n) is 4.16. The van der Waals surface area contributed by atoms with Crippen molar-refractivity contribution >= 4 is 17.5 Å². The standard InChI is InChI=1S/C12H13ClN4O2/c1-7-14-11(16-15-7)6-17(2)12(19)8-3-4-10(18)9(13)5-8/h3-5,18H,6H2,1-2H3,(H,14,15,16).